The lowest BCUT2D eigenvalue weighted by molar-refractivity contribution is -1.01. The van der Waals surface area contributed by atoms with E-state index in [4.69, 9.17) is 26.1 Å². The standard InChI is InChI=1S/C29H36ClN8O7/c1-43-24-10-9-20(15-23(24)30)16-33-27-22(28(40)34-18-25-31-11-6-12-32-25)17-35-29(36-27)37-13-5-7-21(37)19-44-26(39)8-3-2-4-14-45-38(41)42/h6,9-12,15,17,21,38H,2-5,7-8,13-14,16,18-19H2,1H3,(H,34,40)(H,33,35,36)/q-1/t21-/m0/s1. The van der Waals surface area contributed by atoms with Crippen LogP contribution < -0.4 is 25.7 Å². The second-order valence-corrected chi connectivity index (χ2v) is 10.6. The van der Waals surface area contributed by atoms with Gasteiger partial charge in [0.05, 0.1) is 24.7 Å². The number of anilines is 2. The molecule has 2 aromatic heterocycles. The van der Waals surface area contributed by atoms with Crippen molar-refractivity contribution in [3.8, 4) is 5.75 Å². The predicted octanol–water partition coefficient (Wildman–Crippen LogP) is 2.36. The van der Waals surface area contributed by atoms with E-state index < -0.39 is 11.3 Å². The molecule has 1 saturated heterocycles. The summed E-state index contributed by atoms with van der Waals surface area (Å²) >= 11 is 6.31. The second-order valence-electron chi connectivity index (χ2n) is 10.2. The molecule has 15 nitrogen and oxygen atoms in total. The highest BCUT2D eigenvalue weighted by Gasteiger charge is 2.29. The van der Waals surface area contributed by atoms with Gasteiger partial charge in [0.15, 0.2) is 0 Å². The third-order valence-electron chi connectivity index (χ3n) is 7.04. The summed E-state index contributed by atoms with van der Waals surface area (Å²) in [5, 5.41) is 25.5. The Bertz CT molecular complexity index is 1400. The normalized spacial score (nSPS) is 14.4. The van der Waals surface area contributed by atoms with Gasteiger partial charge in [-0.3, -0.25) is 15.0 Å². The van der Waals surface area contributed by atoms with E-state index in [1.54, 1.807) is 37.7 Å². The fourth-order valence-corrected chi connectivity index (χ4v) is 5.01. The molecule has 0 unspecified atom stereocenters. The van der Waals surface area contributed by atoms with Gasteiger partial charge in [0.1, 0.15) is 36.2 Å². The van der Waals surface area contributed by atoms with Gasteiger partial charge in [-0.2, -0.15) is 4.98 Å². The van der Waals surface area contributed by atoms with E-state index in [2.05, 4.69) is 30.4 Å². The topological polar surface area (TPSA) is 191 Å². The average Bonchev–Trinajstić information content (AvgIpc) is 3.52. The van der Waals surface area contributed by atoms with Crippen molar-refractivity contribution in [3.63, 3.8) is 0 Å². The zero-order valence-corrected chi connectivity index (χ0v) is 25.6. The van der Waals surface area contributed by atoms with E-state index in [-0.39, 0.29) is 43.8 Å². The molecular weight excluding hydrogens is 608 g/mol. The molecule has 1 fully saturated rings. The van der Waals surface area contributed by atoms with Gasteiger partial charge in [-0.1, -0.05) is 24.1 Å². The molecule has 242 valence electrons. The fourth-order valence-electron chi connectivity index (χ4n) is 4.73. The Morgan fingerprint density at radius 3 is 2.71 bits per heavy atom. The van der Waals surface area contributed by atoms with E-state index in [0.29, 0.717) is 60.7 Å². The number of hydrogen-bond acceptors (Lipinski definition) is 13. The number of hydrogen-bond donors (Lipinski definition) is 3. The molecule has 1 aliphatic heterocycles. The summed E-state index contributed by atoms with van der Waals surface area (Å²) in [6.45, 7) is 1.32. The Balaban J connectivity index is 1.41. The Morgan fingerprint density at radius 1 is 1.13 bits per heavy atom. The Labute approximate surface area is 265 Å². The summed E-state index contributed by atoms with van der Waals surface area (Å²) < 4.78 is 10.8. The summed E-state index contributed by atoms with van der Waals surface area (Å²) in [7, 11) is 1.54. The van der Waals surface area contributed by atoms with Crippen LogP contribution in [0.15, 0.2) is 42.9 Å². The first kappa shape index (κ1) is 33.7. The highest BCUT2D eigenvalue weighted by Crippen LogP contribution is 2.27. The molecule has 3 N–H and O–H groups in total. The minimum atomic E-state index is -1.55. The number of esters is 1. The minimum Gasteiger partial charge on any atom is -0.599 e. The molecule has 1 atom stereocenters. The average molecular weight is 644 g/mol. The summed E-state index contributed by atoms with van der Waals surface area (Å²) in [5.41, 5.74) is 1.09. The number of carbonyl (C=O) groups excluding carboxylic acids is 2. The van der Waals surface area contributed by atoms with Gasteiger partial charge in [-0.25, -0.2) is 19.8 Å². The maximum Gasteiger partial charge on any atom is 0.305 e. The van der Waals surface area contributed by atoms with Gasteiger partial charge in [0.2, 0.25) is 5.95 Å². The predicted molar refractivity (Wildman–Crippen MR) is 164 cm³/mol. The van der Waals surface area contributed by atoms with Crippen LogP contribution in [0, 0.1) is 10.4 Å². The van der Waals surface area contributed by atoms with Crippen LogP contribution in [0.5, 0.6) is 5.75 Å². The molecule has 3 heterocycles. The molecule has 4 rings (SSSR count). The van der Waals surface area contributed by atoms with E-state index in [1.807, 2.05) is 11.0 Å². The van der Waals surface area contributed by atoms with Crippen LogP contribution >= 0.6 is 11.6 Å². The molecule has 0 saturated carbocycles. The van der Waals surface area contributed by atoms with Gasteiger partial charge in [0, 0.05) is 38.1 Å². The Hall–Kier alpha value is -4.15. The molecule has 1 aliphatic rings. The van der Waals surface area contributed by atoms with Crippen molar-refractivity contribution < 1.29 is 29.3 Å². The zero-order chi connectivity index (χ0) is 32.0. The highest BCUT2D eigenvalue weighted by molar-refractivity contribution is 6.32. The van der Waals surface area contributed by atoms with Crippen LogP contribution in [0.1, 0.15) is 60.3 Å². The van der Waals surface area contributed by atoms with Crippen molar-refractivity contribution in [2.45, 2.75) is 57.7 Å². The lowest BCUT2D eigenvalue weighted by atomic mass is 10.2. The molecule has 0 aliphatic carbocycles. The van der Waals surface area contributed by atoms with Crippen molar-refractivity contribution in [2.24, 2.45) is 0 Å². The van der Waals surface area contributed by atoms with Crippen LogP contribution in [-0.2, 0) is 27.5 Å². The van der Waals surface area contributed by atoms with Gasteiger partial charge >= 0.3 is 5.97 Å². The first-order valence-electron chi connectivity index (χ1n) is 14.6. The largest absolute Gasteiger partial charge is 0.599 e. The van der Waals surface area contributed by atoms with Crippen LogP contribution in [-0.4, -0.2) is 64.7 Å². The number of nitrogens with zero attached hydrogens (tertiary/aromatic N) is 5. The lowest BCUT2D eigenvalue weighted by Gasteiger charge is -2.25. The monoisotopic (exact) mass is 643 g/mol. The van der Waals surface area contributed by atoms with Gasteiger partial charge in [-0.15, -0.1) is 0 Å². The van der Waals surface area contributed by atoms with Crippen molar-refractivity contribution in [1.82, 2.24) is 25.3 Å². The SMILES string of the molecule is COc1ccc(CNc2nc(N3CCC[C@H]3COC(=O)CCCCCO[NH+]([O-])[O-])ncc2C(=O)NCc2ncccn2)cc1Cl. The molecule has 1 aromatic carbocycles. The van der Waals surface area contributed by atoms with E-state index >= 15 is 0 Å². The number of unbranched alkanes of at least 4 members (excludes halogenated alkanes) is 2. The van der Waals surface area contributed by atoms with Gasteiger partial charge in [-0.05, 0) is 49.4 Å². The molecule has 45 heavy (non-hydrogen) atoms. The molecular formula is C29H36ClN8O7-. The van der Waals surface area contributed by atoms with Crippen molar-refractivity contribution >= 4 is 35.2 Å². The minimum absolute atomic E-state index is 0.0427. The Morgan fingerprint density at radius 2 is 1.96 bits per heavy atom. The third-order valence-corrected chi connectivity index (χ3v) is 7.33. The number of benzene rings is 1. The number of ether oxygens (including phenoxy) is 2. The highest BCUT2D eigenvalue weighted by atomic mass is 35.5. The number of aromatic nitrogens is 4. The van der Waals surface area contributed by atoms with E-state index in [9.17, 15) is 20.0 Å². The summed E-state index contributed by atoms with van der Waals surface area (Å²) in [6.07, 6.45) is 8.21. The number of quaternary nitrogens is 1. The number of carbonyl (C=O) groups is 2. The first-order valence-corrected chi connectivity index (χ1v) is 14.9. The Kier molecular flexibility index (Phi) is 13.0. The van der Waals surface area contributed by atoms with Crippen LogP contribution in [0.3, 0.4) is 0 Å². The van der Waals surface area contributed by atoms with Crippen molar-refractivity contribution in [1.29, 1.82) is 0 Å². The first-order chi connectivity index (χ1) is 21.8. The van der Waals surface area contributed by atoms with Crippen LogP contribution in [0.25, 0.3) is 0 Å². The lowest BCUT2D eigenvalue weighted by Crippen LogP contribution is -3.00. The summed E-state index contributed by atoms with van der Waals surface area (Å²) in [4.78, 5) is 49.4. The maximum absolute atomic E-state index is 13.2. The van der Waals surface area contributed by atoms with Gasteiger partial charge < -0.3 is 35.4 Å². The zero-order valence-electron chi connectivity index (χ0n) is 24.9. The number of rotatable bonds is 17. The summed E-state index contributed by atoms with van der Waals surface area (Å²) in [6, 6.07) is 6.96. The van der Waals surface area contributed by atoms with Gasteiger partial charge in [0.25, 0.3) is 5.91 Å². The summed E-state index contributed by atoms with van der Waals surface area (Å²) in [5.74, 6) is 1.01. The molecule has 1 amide bonds. The number of nitrogens with one attached hydrogen (secondary N) is 3. The van der Waals surface area contributed by atoms with Crippen molar-refractivity contribution in [3.05, 3.63) is 75.2 Å². The molecule has 0 bridgehead atoms. The number of halogens is 1. The van der Waals surface area contributed by atoms with Crippen molar-refractivity contribution in [2.75, 3.05) is 37.1 Å². The second kappa shape index (κ2) is 17.4. The number of methoxy groups -OCH3 is 1. The third kappa shape index (κ3) is 10.5. The maximum atomic E-state index is 13.2. The van der Waals surface area contributed by atoms with E-state index in [1.165, 1.54) is 6.20 Å². The molecule has 3 aromatic rings. The molecule has 16 heteroatoms. The van der Waals surface area contributed by atoms with Crippen LogP contribution in [0.2, 0.25) is 5.02 Å². The quantitative estimate of drug-likeness (QED) is 0.110. The molecule has 0 spiro atoms. The fraction of sp³-hybridized carbons (Fsp3) is 0.448. The van der Waals surface area contributed by atoms with Crippen LogP contribution in [0.4, 0.5) is 11.8 Å². The van der Waals surface area contributed by atoms with E-state index in [0.717, 1.165) is 18.4 Å². The smallest absolute Gasteiger partial charge is 0.305 e. The molecule has 0 radical (unpaired) electrons. The number of amides is 1.